The summed E-state index contributed by atoms with van der Waals surface area (Å²) in [6, 6.07) is 10.6. The summed E-state index contributed by atoms with van der Waals surface area (Å²) in [5.74, 6) is 0. The van der Waals surface area contributed by atoms with Crippen LogP contribution in [-0.4, -0.2) is 24.7 Å². The molecule has 0 radical (unpaired) electrons. The fourth-order valence-electron chi connectivity index (χ4n) is 2.46. The highest BCUT2D eigenvalue weighted by Gasteiger charge is 2.11. The van der Waals surface area contributed by atoms with Crippen molar-refractivity contribution < 1.29 is 0 Å². The van der Waals surface area contributed by atoms with Crippen LogP contribution in [0.3, 0.4) is 0 Å². The van der Waals surface area contributed by atoms with Crippen LogP contribution < -0.4 is 17.0 Å². The lowest BCUT2D eigenvalue weighted by Crippen LogP contribution is -2.37. The molecule has 0 saturated heterocycles. The zero-order valence-corrected chi connectivity index (χ0v) is 14.4. The van der Waals surface area contributed by atoms with E-state index in [9.17, 15) is 9.59 Å². The highest BCUT2D eigenvalue weighted by atomic mass is 16.2. The Labute approximate surface area is 140 Å². The minimum absolute atomic E-state index is 0.266. The third-order valence-electron chi connectivity index (χ3n) is 3.72. The van der Waals surface area contributed by atoms with Crippen LogP contribution in [0.5, 0.6) is 0 Å². The van der Waals surface area contributed by atoms with Crippen molar-refractivity contribution in [2.75, 3.05) is 0 Å². The van der Waals surface area contributed by atoms with E-state index in [0.29, 0.717) is 11.2 Å². The number of nitrogens with zero attached hydrogens (tertiary/aromatic N) is 4. The zero-order valence-electron chi connectivity index (χ0n) is 14.4. The Morgan fingerprint density at radius 1 is 1.08 bits per heavy atom. The summed E-state index contributed by atoms with van der Waals surface area (Å²) in [7, 11) is 4.77. The fraction of sp³-hybridized carbons (Fsp3) is 0.353. The van der Waals surface area contributed by atoms with Gasteiger partial charge in [-0.25, -0.2) is 9.78 Å². The smallest absolute Gasteiger partial charge is 0.328 e. The molecule has 0 aliphatic heterocycles. The molecule has 0 fully saturated rings. The lowest BCUT2D eigenvalue weighted by Gasteiger charge is -2.02. The number of nitrogens with two attached hydrogens (primary N) is 1. The lowest BCUT2D eigenvalue weighted by molar-refractivity contribution is 0.705. The van der Waals surface area contributed by atoms with Crippen LogP contribution in [0.4, 0.5) is 0 Å². The number of hydrogen-bond acceptors (Lipinski definition) is 4. The first-order chi connectivity index (χ1) is 11.3. The van der Waals surface area contributed by atoms with Gasteiger partial charge in [-0.3, -0.25) is 13.9 Å². The molecule has 0 amide bonds. The largest absolute Gasteiger partial charge is 0.332 e. The third-order valence-corrected chi connectivity index (χ3v) is 3.72. The second-order valence-electron chi connectivity index (χ2n) is 5.90. The van der Waals surface area contributed by atoms with Gasteiger partial charge in [0, 0.05) is 27.2 Å². The molecule has 2 N–H and O–H groups in total. The minimum atomic E-state index is -0.360. The first-order valence-electron chi connectivity index (χ1n) is 7.69. The van der Waals surface area contributed by atoms with Gasteiger partial charge in [-0.15, -0.1) is 0 Å². The van der Waals surface area contributed by atoms with E-state index in [2.05, 4.69) is 17.1 Å². The summed E-state index contributed by atoms with van der Waals surface area (Å²) in [4.78, 5) is 27.2. The minimum Gasteiger partial charge on any atom is -0.328 e. The van der Waals surface area contributed by atoms with Crippen LogP contribution in [-0.2, 0) is 27.6 Å². The Morgan fingerprint density at radius 3 is 2.29 bits per heavy atom. The molecule has 1 aromatic carbocycles. The second kappa shape index (κ2) is 7.27. The van der Waals surface area contributed by atoms with Gasteiger partial charge in [0.25, 0.3) is 5.56 Å². The number of aromatic nitrogens is 4. The van der Waals surface area contributed by atoms with Crippen LogP contribution in [0.25, 0.3) is 11.2 Å². The molecule has 2 heterocycles. The van der Waals surface area contributed by atoms with E-state index >= 15 is 0 Å². The Morgan fingerprint density at radius 2 is 1.71 bits per heavy atom. The molecule has 0 unspecified atom stereocenters. The number of fused-ring (bicyclic) bond motifs is 1. The number of rotatable bonds is 2. The van der Waals surface area contributed by atoms with E-state index in [1.807, 2.05) is 25.1 Å². The molecular formula is C17H23N5O2. The van der Waals surface area contributed by atoms with Crippen molar-refractivity contribution >= 4 is 11.2 Å². The van der Waals surface area contributed by atoms with Gasteiger partial charge in [0.2, 0.25) is 0 Å². The van der Waals surface area contributed by atoms with Crippen molar-refractivity contribution in [3.8, 4) is 0 Å². The van der Waals surface area contributed by atoms with Gasteiger partial charge in [0.15, 0.2) is 11.2 Å². The maximum absolute atomic E-state index is 11.7. The normalized spacial score (nSPS) is 11.9. The highest BCUT2D eigenvalue weighted by Crippen LogP contribution is 2.02. The predicted octanol–water partition coefficient (Wildman–Crippen LogP) is 0.547. The first kappa shape index (κ1) is 17.7. The number of aryl methyl sites for hydroxylation is 2. The molecule has 0 spiro atoms. The summed E-state index contributed by atoms with van der Waals surface area (Å²) < 4.78 is 4.04. The molecule has 0 aliphatic rings. The van der Waals surface area contributed by atoms with Crippen LogP contribution in [0, 0.1) is 0 Å². The van der Waals surface area contributed by atoms with Crippen LogP contribution >= 0.6 is 0 Å². The van der Waals surface area contributed by atoms with Gasteiger partial charge < -0.3 is 10.3 Å². The Balaban J connectivity index is 0.000000185. The molecular weight excluding hydrogens is 306 g/mol. The van der Waals surface area contributed by atoms with Gasteiger partial charge in [-0.05, 0) is 18.9 Å². The summed E-state index contributed by atoms with van der Waals surface area (Å²) in [6.07, 6.45) is 2.49. The van der Waals surface area contributed by atoms with Crippen molar-refractivity contribution in [1.82, 2.24) is 18.7 Å². The van der Waals surface area contributed by atoms with E-state index in [1.165, 1.54) is 23.5 Å². The van der Waals surface area contributed by atoms with Crippen molar-refractivity contribution in [3.05, 3.63) is 63.1 Å². The second-order valence-corrected chi connectivity index (χ2v) is 5.90. The molecule has 0 bridgehead atoms. The van der Waals surface area contributed by atoms with Gasteiger partial charge in [0.05, 0.1) is 6.33 Å². The average Bonchev–Trinajstić information content (AvgIpc) is 2.94. The third kappa shape index (κ3) is 3.62. The molecule has 1 atom stereocenters. The molecule has 0 saturated carbocycles. The van der Waals surface area contributed by atoms with Crippen molar-refractivity contribution in [1.29, 1.82) is 0 Å². The maximum atomic E-state index is 11.7. The predicted molar refractivity (Wildman–Crippen MR) is 95.0 cm³/mol. The molecule has 3 rings (SSSR count). The topological polar surface area (TPSA) is 87.8 Å². The van der Waals surface area contributed by atoms with Crippen LogP contribution in [0.2, 0.25) is 0 Å². The number of imidazole rings is 1. The number of benzene rings is 1. The van der Waals surface area contributed by atoms with Crippen molar-refractivity contribution in [3.63, 3.8) is 0 Å². The van der Waals surface area contributed by atoms with Crippen molar-refractivity contribution in [2.24, 2.45) is 26.9 Å². The zero-order chi connectivity index (χ0) is 17.9. The monoisotopic (exact) mass is 329 g/mol. The van der Waals surface area contributed by atoms with Crippen LogP contribution in [0.15, 0.2) is 46.2 Å². The molecule has 0 aliphatic carbocycles. The Kier molecular flexibility index (Phi) is 5.35. The summed E-state index contributed by atoms with van der Waals surface area (Å²) in [6.45, 7) is 2.02. The van der Waals surface area contributed by atoms with E-state index in [1.54, 1.807) is 18.7 Å². The van der Waals surface area contributed by atoms with Gasteiger partial charge >= 0.3 is 5.69 Å². The molecule has 128 valence electrons. The maximum Gasteiger partial charge on any atom is 0.332 e. The van der Waals surface area contributed by atoms with E-state index in [-0.39, 0.29) is 17.3 Å². The van der Waals surface area contributed by atoms with E-state index in [0.717, 1.165) is 11.0 Å². The van der Waals surface area contributed by atoms with E-state index < -0.39 is 0 Å². The highest BCUT2D eigenvalue weighted by molar-refractivity contribution is 5.69. The van der Waals surface area contributed by atoms with Gasteiger partial charge in [-0.1, -0.05) is 30.3 Å². The van der Waals surface area contributed by atoms with Gasteiger partial charge in [-0.2, -0.15) is 0 Å². The fourth-order valence-corrected chi connectivity index (χ4v) is 2.46. The molecule has 7 heteroatoms. The molecule has 3 aromatic rings. The van der Waals surface area contributed by atoms with Crippen molar-refractivity contribution in [2.45, 2.75) is 19.4 Å². The standard InChI is InChI=1S/C9H13N.C8H10N4O2/c1-8(10)7-9-5-3-2-4-6-9;1-10-4-9-6-5(10)7(13)12(3)8(14)11(6)2/h2-6,8H,7,10H2,1H3;4H,1-3H3/t8-;/m0./s1. The van der Waals surface area contributed by atoms with Crippen LogP contribution in [0.1, 0.15) is 12.5 Å². The Hall–Kier alpha value is -2.67. The average molecular weight is 329 g/mol. The molecule has 24 heavy (non-hydrogen) atoms. The molecule has 7 nitrogen and oxygen atoms in total. The first-order valence-corrected chi connectivity index (χ1v) is 7.69. The SMILES string of the molecule is C[C@H](N)Cc1ccccc1.Cn1c(=O)c2c(ncn2C)n(C)c1=O. The van der Waals surface area contributed by atoms with Gasteiger partial charge in [0.1, 0.15) is 0 Å². The summed E-state index contributed by atoms with van der Waals surface area (Å²) in [5, 5.41) is 0. The quantitative estimate of drug-likeness (QED) is 0.743. The summed E-state index contributed by atoms with van der Waals surface area (Å²) in [5.41, 5.74) is 7.12. The lowest BCUT2D eigenvalue weighted by atomic mass is 10.1. The van der Waals surface area contributed by atoms with E-state index in [4.69, 9.17) is 5.73 Å². The number of hydrogen-bond donors (Lipinski definition) is 1. The Bertz CT molecular complexity index is 935. The summed E-state index contributed by atoms with van der Waals surface area (Å²) >= 11 is 0. The molecule has 2 aromatic heterocycles.